The topological polar surface area (TPSA) is 117 Å². The number of phosphoric acid groups is 1. The lowest BCUT2D eigenvalue weighted by Gasteiger charge is -2.22. The first-order valence-electron chi connectivity index (χ1n) is 26.5. The molecule has 0 spiro atoms. The van der Waals surface area contributed by atoms with Crippen molar-refractivity contribution in [3.05, 3.63) is 0 Å². The number of ether oxygens (including phenoxy) is 2. The Balaban J connectivity index is 4.83. The van der Waals surface area contributed by atoms with Gasteiger partial charge in [0.25, 0.3) is 0 Å². The summed E-state index contributed by atoms with van der Waals surface area (Å²) in [4.78, 5) is 23.7. The van der Waals surface area contributed by atoms with Gasteiger partial charge in [0.1, 0.15) is 12.7 Å². The zero-order chi connectivity index (χ0) is 43.9. The zero-order valence-corrected chi connectivity index (χ0v) is 41.3. The third-order valence-corrected chi connectivity index (χ3v) is 13.2. The van der Waals surface area contributed by atoms with Gasteiger partial charge in [0.05, 0.1) is 19.1 Å². The van der Waals surface area contributed by atoms with Crippen molar-refractivity contribution in [1.82, 2.24) is 0 Å². The largest absolute Gasteiger partial charge is 0.472 e. The van der Waals surface area contributed by atoms with Crippen LogP contribution in [-0.2, 0) is 27.9 Å². The molecule has 0 bridgehead atoms. The second-order valence-corrected chi connectivity index (χ2v) is 19.6. The van der Waals surface area contributed by atoms with E-state index in [1.54, 1.807) is 0 Å². The number of hydrogen-bond acceptors (Lipinski definition) is 7. The summed E-state index contributed by atoms with van der Waals surface area (Å²) in [6.07, 6.45) is 50.2. The lowest BCUT2D eigenvalue weighted by atomic mass is 9.94. The van der Waals surface area contributed by atoms with Gasteiger partial charge in [-0.15, -0.1) is 0 Å². The van der Waals surface area contributed by atoms with Gasteiger partial charge in [0.15, 0.2) is 0 Å². The van der Waals surface area contributed by atoms with Crippen LogP contribution in [0.15, 0.2) is 0 Å². The van der Waals surface area contributed by atoms with Crippen LogP contribution >= 0.6 is 7.82 Å². The van der Waals surface area contributed by atoms with E-state index < -0.39 is 13.9 Å². The fraction of sp³-hybridized carbons (Fsp3) is 0.980. The molecule has 0 saturated heterocycles. The smallest absolute Gasteiger partial charge is 0.463 e. The lowest BCUT2D eigenvalue weighted by Crippen LogP contribution is -2.29. The molecular weight excluding hydrogens is 770 g/mol. The van der Waals surface area contributed by atoms with Gasteiger partial charge in [-0.3, -0.25) is 13.8 Å². The van der Waals surface area contributed by atoms with E-state index in [1.165, 1.54) is 205 Å². The summed E-state index contributed by atoms with van der Waals surface area (Å²) >= 11 is 0. The van der Waals surface area contributed by atoms with E-state index in [-0.39, 0.29) is 38.3 Å². The van der Waals surface area contributed by atoms with Crippen LogP contribution in [0.4, 0.5) is 0 Å². The predicted octanol–water partition coefficient (Wildman–Crippen LogP) is 16.3. The number of carbonyl (C=O) groups is 1. The fourth-order valence-corrected chi connectivity index (χ4v) is 8.98. The highest BCUT2D eigenvalue weighted by atomic mass is 31.2. The third kappa shape index (κ3) is 44.1. The summed E-state index contributed by atoms with van der Waals surface area (Å²) in [6, 6.07) is 0. The van der Waals surface area contributed by atoms with Crippen molar-refractivity contribution in [3.63, 3.8) is 0 Å². The maximum absolute atomic E-state index is 13.6. The first-order chi connectivity index (χ1) is 29.4. The Morgan fingerprint density at radius 2 is 0.767 bits per heavy atom. The van der Waals surface area contributed by atoms with Gasteiger partial charge in [-0.2, -0.15) is 0 Å². The van der Waals surface area contributed by atoms with Crippen molar-refractivity contribution in [2.24, 2.45) is 11.7 Å². The molecule has 8 nitrogen and oxygen atoms in total. The van der Waals surface area contributed by atoms with E-state index in [0.29, 0.717) is 6.61 Å². The Hall–Kier alpha value is -0.500. The Morgan fingerprint density at radius 3 is 1.10 bits per heavy atom. The molecule has 0 aliphatic rings. The molecule has 0 heterocycles. The monoisotopic (exact) mass is 874 g/mol. The van der Waals surface area contributed by atoms with Crippen molar-refractivity contribution in [3.8, 4) is 0 Å². The second-order valence-electron chi connectivity index (χ2n) is 18.2. The number of phosphoric ester groups is 1. The van der Waals surface area contributed by atoms with Crippen LogP contribution in [-0.4, -0.2) is 49.9 Å². The Labute approximate surface area is 373 Å². The Kier molecular flexibility index (Phi) is 47.6. The number of carbonyl (C=O) groups excluding carboxylic acids is 1. The molecule has 2 atom stereocenters. The molecule has 60 heavy (non-hydrogen) atoms. The van der Waals surface area contributed by atoms with Crippen LogP contribution in [0.2, 0.25) is 0 Å². The average Bonchev–Trinajstić information content (AvgIpc) is 3.24. The molecule has 0 aromatic carbocycles. The van der Waals surface area contributed by atoms with Crippen LogP contribution in [0.3, 0.4) is 0 Å². The number of unbranched alkanes of at least 4 members (excludes halogenated alkanes) is 35. The lowest BCUT2D eigenvalue weighted by molar-refractivity contribution is -0.154. The summed E-state index contributed by atoms with van der Waals surface area (Å²) in [7, 11) is -4.28. The van der Waals surface area contributed by atoms with Crippen molar-refractivity contribution in [1.29, 1.82) is 0 Å². The summed E-state index contributed by atoms with van der Waals surface area (Å²) in [5.74, 6) is -0.293. The van der Waals surface area contributed by atoms with Gasteiger partial charge < -0.3 is 20.1 Å². The normalized spacial score (nSPS) is 13.3. The summed E-state index contributed by atoms with van der Waals surface area (Å²) in [5, 5.41) is 0. The van der Waals surface area contributed by atoms with Crippen LogP contribution < -0.4 is 5.73 Å². The number of esters is 1. The molecule has 0 aliphatic heterocycles. The number of rotatable bonds is 51. The molecule has 3 N–H and O–H groups in total. The van der Waals surface area contributed by atoms with Crippen molar-refractivity contribution >= 4 is 13.8 Å². The molecule has 9 heteroatoms. The summed E-state index contributed by atoms with van der Waals surface area (Å²) in [5.41, 5.74) is 5.46. The number of hydrogen-bond donors (Lipinski definition) is 2. The molecule has 0 saturated carbocycles. The number of nitrogens with two attached hydrogens (primary N) is 1. The second kappa shape index (κ2) is 48.0. The zero-order valence-electron chi connectivity index (χ0n) is 40.4. The van der Waals surface area contributed by atoms with Gasteiger partial charge in [-0.05, 0) is 19.3 Å². The molecule has 0 amide bonds. The predicted molar refractivity (Wildman–Crippen MR) is 257 cm³/mol. The quantitative estimate of drug-likeness (QED) is 0.0352. The molecule has 0 aromatic rings. The molecule has 0 rings (SSSR count). The van der Waals surface area contributed by atoms with Crippen LogP contribution in [0.1, 0.15) is 278 Å². The van der Waals surface area contributed by atoms with E-state index in [1.807, 2.05) is 0 Å². The first kappa shape index (κ1) is 59.5. The van der Waals surface area contributed by atoms with E-state index >= 15 is 0 Å². The highest BCUT2D eigenvalue weighted by molar-refractivity contribution is 7.47. The highest BCUT2D eigenvalue weighted by Gasteiger charge is 2.26. The van der Waals surface area contributed by atoms with Gasteiger partial charge in [-0.1, -0.05) is 258 Å². The van der Waals surface area contributed by atoms with E-state index in [0.717, 1.165) is 51.4 Å². The third-order valence-electron chi connectivity index (χ3n) is 12.2. The van der Waals surface area contributed by atoms with Crippen LogP contribution in [0.25, 0.3) is 0 Å². The Bertz CT molecular complexity index is 881. The van der Waals surface area contributed by atoms with Crippen molar-refractivity contribution in [2.75, 3.05) is 33.0 Å². The molecular formula is C51H104NO7P. The van der Waals surface area contributed by atoms with Gasteiger partial charge in [-0.25, -0.2) is 4.57 Å². The highest BCUT2D eigenvalue weighted by Crippen LogP contribution is 2.43. The van der Waals surface area contributed by atoms with Gasteiger partial charge in [0, 0.05) is 13.2 Å². The standard InChI is InChI=1S/C51H104NO7P/c1-4-7-10-13-16-19-22-25-26-29-32-35-38-41-45-56-50(48-59-60(54,55)58-46-44-52)47-57-51(53)49(42-39-36-33-30-27-23-20-17-14-11-8-5-2)43-40-37-34-31-28-24-21-18-15-12-9-6-3/h49-50H,4-48,52H2,1-3H3,(H,54,55)/t50-/m0/s1. The molecule has 0 aromatic heterocycles. The molecule has 360 valence electrons. The van der Waals surface area contributed by atoms with E-state index in [9.17, 15) is 14.3 Å². The van der Waals surface area contributed by atoms with Crippen LogP contribution in [0, 0.1) is 5.92 Å². The van der Waals surface area contributed by atoms with Gasteiger partial charge >= 0.3 is 13.8 Å². The minimum atomic E-state index is -4.28. The Morgan fingerprint density at radius 1 is 0.450 bits per heavy atom. The molecule has 0 fully saturated rings. The minimum absolute atomic E-state index is 0.00170. The minimum Gasteiger partial charge on any atom is -0.463 e. The maximum Gasteiger partial charge on any atom is 0.472 e. The SMILES string of the molecule is CCCCCCCCCCCCCCCCO[C@@H](COC(=O)C(CCCCCCCCCCCCCC)CCCCCCCCCCCCCC)COP(=O)(O)OCCN. The summed E-state index contributed by atoms with van der Waals surface area (Å²) < 4.78 is 34.7. The van der Waals surface area contributed by atoms with Gasteiger partial charge in [0.2, 0.25) is 0 Å². The maximum atomic E-state index is 13.6. The molecule has 0 aliphatic carbocycles. The van der Waals surface area contributed by atoms with E-state index in [2.05, 4.69) is 20.8 Å². The van der Waals surface area contributed by atoms with Crippen molar-refractivity contribution in [2.45, 2.75) is 284 Å². The average molecular weight is 874 g/mol. The molecule has 0 radical (unpaired) electrons. The first-order valence-corrected chi connectivity index (χ1v) is 28.0. The summed E-state index contributed by atoms with van der Waals surface area (Å²) in [6.45, 7) is 7.16. The fourth-order valence-electron chi connectivity index (χ4n) is 8.21. The molecule has 1 unspecified atom stereocenters. The van der Waals surface area contributed by atoms with Crippen LogP contribution in [0.5, 0.6) is 0 Å². The van der Waals surface area contributed by atoms with E-state index in [4.69, 9.17) is 24.3 Å². The van der Waals surface area contributed by atoms with Crippen molar-refractivity contribution < 1.29 is 32.8 Å².